The van der Waals surface area contributed by atoms with Crippen LogP contribution in [0, 0.1) is 6.92 Å². The van der Waals surface area contributed by atoms with Crippen molar-refractivity contribution >= 4 is 5.82 Å². The van der Waals surface area contributed by atoms with Gasteiger partial charge < -0.3 is 4.90 Å². The van der Waals surface area contributed by atoms with E-state index in [4.69, 9.17) is 0 Å². The Kier molecular flexibility index (Phi) is 3.50. The molecule has 78 valence electrons. The predicted molar refractivity (Wildman–Crippen MR) is 61.9 cm³/mol. The SMILES string of the molecule is CCc1cc(C)cnc1N(C)C(C)C. The summed E-state index contributed by atoms with van der Waals surface area (Å²) in [5.74, 6) is 1.12. The van der Waals surface area contributed by atoms with Gasteiger partial charge in [-0.15, -0.1) is 0 Å². The summed E-state index contributed by atoms with van der Waals surface area (Å²) in [6.07, 6.45) is 2.98. The Balaban J connectivity index is 3.07. The van der Waals surface area contributed by atoms with Crippen LogP contribution in [0.4, 0.5) is 5.82 Å². The predicted octanol–water partition coefficient (Wildman–Crippen LogP) is 2.80. The lowest BCUT2D eigenvalue weighted by atomic mass is 10.1. The van der Waals surface area contributed by atoms with Crippen molar-refractivity contribution in [2.75, 3.05) is 11.9 Å². The quantitative estimate of drug-likeness (QED) is 0.732. The van der Waals surface area contributed by atoms with Gasteiger partial charge in [-0.1, -0.05) is 13.0 Å². The zero-order valence-electron chi connectivity index (χ0n) is 9.83. The Morgan fingerprint density at radius 1 is 1.43 bits per heavy atom. The van der Waals surface area contributed by atoms with Crippen LogP contribution in [0.3, 0.4) is 0 Å². The molecule has 0 bridgehead atoms. The van der Waals surface area contributed by atoms with Crippen LogP contribution in [0.15, 0.2) is 12.3 Å². The molecule has 0 aliphatic heterocycles. The summed E-state index contributed by atoms with van der Waals surface area (Å²) >= 11 is 0. The molecule has 0 atom stereocenters. The molecule has 2 nitrogen and oxygen atoms in total. The molecule has 14 heavy (non-hydrogen) atoms. The Bertz CT molecular complexity index is 305. The van der Waals surface area contributed by atoms with Crippen LogP contribution in [-0.4, -0.2) is 18.1 Å². The van der Waals surface area contributed by atoms with Crippen molar-refractivity contribution in [1.82, 2.24) is 4.98 Å². The number of anilines is 1. The number of pyridine rings is 1. The van der Waals surface area contributed by atoms with E-state index in [9.17, 15) is 0 Å². The van der Waals surface area contributed by atoms with Crippen molar-refractivity contribution in [3.63, 3.8) is 0 Å². The number of aryl methyl sites for hydroxylation is 2. The van der Waals surface area contributed by atoms with Gasteiger partial charge in [0.1, 0.15) is 5.82 Å². The highest BCUT2D eigenvalue weighted by Gasteiger charge is 2.10. The van der Waals surface area contributed by atoms with E-state index < -0.39 is 0 Å². The second-order valence-corrected chi connectivity index (χ2v) is 4.05. The molecule has 1 heterocycles. The van der Waals surface area contributed by atoms with Crippen molar-refractivity contribution in [1.29, 1.82) is 0 Å². The zero-order valence-corrected chi connectivity index (χ0v) is 9.83. The van der Waals surface area contributed by atoms with Gasteiger partial charge in [0.15, 0.2) is 0 Å². The maximum absolute atomic E-state index is 4.50. The van der Waals surface area contributed by atoms with E-state index in [-0.39, 0.29) is 0 Å². The average molecular weight is 192 g/mol. The molecule has 1 aromatic heterocycles. The smallest absolute Gasteiger partial charge is 0.131 e. The van der Waals surface area contributed by atoms with Gasteiger partial charge in [0.2, 0.25) is 0 Å². The van der Waals surface area contributed by atoms with E-state index in [1.807, 2.05) is 6.20 Å². The molecule has 0 unspecified atom stereocenters. The van der Waals surface area contributed by atoms with Crippen molar-refractivity contribution in [3.8, 4) is 0 Å². The van der Waals surface area contributed by atoms with Gasteiger partial charge in [-0.05, 0) is 38.3 Å². The third-order valence-electron chi connectivity index (χ3n) is 2.57. The van der Waals surface area contributed by atoms with Gasteiger partial charge in [-0.2, -0.15) is 0 Å². The van der Waals surface area contributed by atoms with Gasteiger partial charge in [0.25, 0.3) is 0 Å². The second kappa shape index (κ2) is 4.45. The third kappa shape index (κ3) is 2.25. The van der Waals surface area contributed by atoms with Crippen molar-refractivity contribution in [3.05, 3.63) is 23.4 Å². The molecular formula is C12H20N2. The summed E-state index contributed by atoms with van der Waals surface area (Å²) in [5.41, 5.74) is 2.57. The molecule has 0 spiro atoms. The van der Waals surface area contributed by atoms with Crippen molar-refractivity contribution in [2.45, 2.75) is 40.2 Å². The topological polar surface area (TPSA) is 16.1 Å². The molecule has 0 amide bonds. The molecule has 0 fully saturated rings. The van der Waals surface area contributed by atoms with Gasteiger partial charge in [-0.25, -0.2) is 4.98 Å². The molecule has 0 aromatic carbocycles. The summed E-state index contributed by atoms with van der Waals surface area (Å²) in [5, 5.41) is 0. The number of aromatic nitrogens is 1. The highest BCUT2D eigenvalue weighted by Crippen LogP contribution is 2.19. The minimum absolute atomic E-state index is 0.496. The molecule has 0 saturated heterocycles. The molecular weight excluding hydrogens is 172 g/mol. The van der Waals surface area contributed by atoms with Crippen LogP contribution in [-0.2, 0) is 6.42 Å². The Morgan fingerprint density at radius 2 is 2.07 bits per heavy atom. The molecule has 2 heteroatoms. The fourth-order valence-corrected chi connectivity index (χ4v) is 1.44. The fourth-order valence-electron chi connectivity index (χ4n) is 1.44. The van der Waals surface area contributed by atoms with Gasteiger partial charge in [0, 0.05) is 19.3 Å². The normalized spacial score (nSPS) is 10.7. The van der Waals surface area contributed by atoms with E-state index in [1.54, 1.807) is 0 Å². The van der Waals surface area contributed by atoms with Gasteiger partial charge >= 0.3 is 0 Å². The van der Waals surface area contributed by atoms with E-state index in [0.29, 0.717) is 6.04 Å². The Hall–Kier alpha value is -1.05. The standard InChI is InChI=1S/C12H20N2/c1-6-11-7-10(4)8-13-12(11)14(5)9(2)3/h7-9H,6H2,1-5H3. The molecule has 1 rings (SSSR count). The van der Waals surface area contributed by atoms with E-state index in [2.05, 4.69) is 50.7 Å². The first-order valence-corrected chi connectivity index (χ1v) is 5.24. The average Bonchev–Trinajstić information content (AvgIpc) is 2.16. The molecule has 1 aromatic rings. The lowest BCUT2D eigenvalue weighted by Gasteiger charge is -2.25. The molecule has 0 saturated carbocycles. The number of hydrogen-bond donors (Lipinski definition) is 0. The Labute approximate surface area is 87.0 Å². The van der Waals surface area contributed by atoms with Gasteiger partial charge in [-0.3, -0.25) is 0 Å². The molecule has 0 aliphatic rings. The van der Waals surface area contributed by atoms with Gasteiger partial charge in [0.05, 0.1) is 0 Å². The number of hydrogen-bond acceptors (Lipinski definition) is 2. The van der Waals surface area contributed by atoms with Crippen molar-refractivity contribution in [2.24, 2.45) is 0 Å². The minimum atomic E-state index is 0.496. The third-order valence-corrected chi connectivity index (χ3v) is 2.57. The molecule has 0 N–H and O–H groups in total. The maximum atomic E-state index is 4.50. The summed E-state index contributed by atoms with van der Waals surface area (Å²) in [6.45, 7) is 8.63. The number of nitrogens with zero attached hydrogens (tertiary/aromatic N) is 2. The second-order valence-electron chi connectivity index (χ2n) is 4.05. The zero-order chi connectivity index (χ0) is 10.7. The summed E-state index contributed by atoms with van der Waals surface area (Å²) in [6, 6.07) is 2.72. The summed E-state index contributed by atoms with van der Waals surface area (Å²) in [4.78, 5) is 6.72. The van der Waals surface area contributed by atoms with E-state index in [1.165, 1.54) is 11.1 Å². The van der Waals surface area contributed by atoms with Crippen LogP contribution < -0.4 is 4.90 Å². The minimum Gasteiger partial charge on any atom is -0.357 e. The summed E-state index contributed by atoms with van der Waals surface area (Å²) < 4.78 is 0. The lowest BCUT2D eigenvalue weighted by Crippen LogP contribution is -2.27. The van der Waals surface area contributed by atoms with Crippen LogP contribution in [0.1, 0.15) is 31.9 Å². The van der Waals surface area contributed by atoms with Crippen molar-refractivity contribution < 1.29 is 0 Å². The van der Waals surface area contributed by atoms with E-state index in [0.717, 1.165) is 12.2 Å². The Morgan fingerprint density at radius 3 is 2.57 bits per heavy atom. The summed E-state index contributed by atoms with van der Waals surface area (Å²) in [7, 11) is 2.10. The molecule has 0 aliphatic carbocycles. The van der Waals surface area contributed by atoms with E-state index >= 15 is 0 Å². The monoisotopic (exact) mass is 192 g/mol. The first-order valence-electron chi connectivity index (χ1n) is 5.24. The highest BCUT2D eigenvalue weighted by molar-refractivity contribution is 5.48. The van der Waals surface area contributed by atoms with Crippen LogP contribution >= 0.6 is 0 Å². The van der Waals surface area contributed by atoms with Crippen LogP contribution in [0.25, 0.3) is 0 Å². The molecule has 0 radical (unpaired) electrons. The lowest BCUT2D eigenvalue weighted by molar-refractivity contribution is 0.737. The first kappa shape index (κ1) is 11.0. The van der Waals surface area contributed by atoms with Crippen LogP contribution in [0.2, 0.25) is 0 Å². The fraction of sp³-hybridized carbons (Fsp3) is 0.583. The highest BCUT2D eigenvalue weighted by atomic mass is 15.2. The maximum Gasteiger partial charge on any atom is 0.131 e. The number of rotatable bonds is 3. The largest absolute Gasteiger partial charge is 0.357 e. The first-order chi connectivity index (χ1) is 6.56. The van der Waals surface area contributed by atoms with Crippen LogP contribution in [0.5, 0.6) is 0 Å².